The SMILES string of the molecule is CCNCC=C[SiH3]. The van der Waals surface area contributed by atoms with Gasteiger partial charge in [-0.15, -0.1) is 5.70 Å². The van der Waals surface area contributed by atoms with Crippen LogP contribution in [0.4, 0.5) is 0 Å². The summed E-state index contributed by atoms with van der Waals surface area (Å²) < 4.78 is 0. The van der Waals surface area contributed by atoms with Crippen molar-refractivity contribution in [1.29, 1.82) is 0 Å². The van der Waals surface area contributed by atoms with Gasteiger partial charge in [0, 0.05) is 16.8 Å². The Labute approximate surface area is 48.2 Å². The van der Waals surface area contributed by atoms with Crippen molar-refractivity contribution in [1.82, 2.24) is 5.32 Å². The molecule has 0 aliphatic rings. The third-order valence-electron chi connectivity index (χ3n) is 0.748. The van der Waals surface area contributed by atoms with Gasteiger partial charge in [-0.1, -0.05) is 13.0 Å². The van der Waals surface area contributed by atoms with Crippen LogP contribution in [0.5, 0.6) is 0 Å². The lowest BCUT2D eigenvalue weighted by Crippen LogP contribution is -2.11. The van der Waals surface area contributed by atoms with Crippen molar-refractivity contribution in [2.75, 3.05) is 13.1 Å². The van der Waals surface area contributed by atoms with Crippen molar-refractivity contribution < 1.29 is 0 Å². The average Bonchev–Trinajstić information content (AvgIpc) is 1.69. The average molecular weight is 115 g/mol. The zero-order valence-electron chi connectivity index (χ0n) is 5.07. The monoisotopic (exact) mass is 115 g/mol. The first-order chi connectivity index (χ1) is 3.41. The lowest BCUT2D eigenvalue weighted by Gasteiger charge is -1.89. The van der Waals surface area contributed by atoms with E-state index in [2.05, 4.69) is 24.0 Å². The molecule has 0 spiro atoms. The molecule has 1 nitrogen and oxygen atoms in total. The minimum atomic E-state index is 1.04. The topological polar surface area (TPSA) is 12.0 Å². The first-order valence-corrected chi connectivity index (χ1v) is 3.89. The Hall–Kier alpha value is -0.0831. The summed E-state index contributed by atoms with van der Waals surface area (Å²) in [6, 6.07) is 0. The predicted molar refractivity (Wildman–Crippen MR) is 37.6 cm³/mol. The second-order valence-corrected chi connectivity index (χ2v) is 2.04. The van der Waals surface area contributed by atoms with Crippen LogP contribution in [0.15, 0.2) is 11.8 Å². The number of nitrogens with one attached hydrogen (secondary N) is 1. The molecular formula is C5H13NSi. The highest BCUT2D eigenvalue weighted by atomic mass is 28.1. The van der Waals surface area contributed by atoms with Crippen LogP contribution in [0.2, 0.25) is 0 Å². The third-order valence-corrected chi connectivity index (χ3v) is 1.22. The highest BCUT2D eigenvalue weighted by Gasteiger charge is 1.68. The highest BCUT2D eigenvalue weighted by Crippen LogP contribution is 1.60. The van der Waals surface area contributed by atoms with Crippen LogP contribution < -0.4 is 5.32 Å². The van der Waals surface area contributed by atoms with E-state index in [1.165, 1.54) is 10.2 Å². The maximum Gasteiger partial charge on any atom is 0.0287 e. The Morgan fingerprint density at radius 3 is 2.86 bits per heavy atom. The van der Waals surface area contributed by atoms with Gasteiger partial charge >= 0.3 is 0 Å². The van der Waals surface area contributed by atoms with Crippen LogP contribution in [0, 0.1) is 0 Å². The van der Waals surface area contributed by atoms with E-state index >= 15 is 0 Å². The van der Waals surface area contributed by atoms with E-state index in [9.17, 15) is 0 Å². The minimum absolute atomic E-state index is 1.04. The zero-order valence-corrected chi connectivity index (χ0v) is 7.07. The Bertz CT molecular complexity index is 52.0. The maximum atomic E-state index is 3.18. The van der Waals surface area contributed by atoms with E-state index in [0.717, 1.165) is 13.1 Å². The van der Waals surface area contributed by atoms with Crippen molar-refractivity contribution in [2.45, 2.75) is 6.92 Å². The molecule has 0 aromatic heterocycles. The second kappa shape index (κ2) is 5.92. The van der Waals surface area contributed by atoms with Gasteiger partial charge < -0.3 is 5.32 Å². The van der Waals surface area contributed by atoms with Crippen LogP contribution >= 0.6 is 0 Å². The Morgan fingerprint density at radius 1 is 1.71 bits per heavy atom. The van der Waals surface area contributed by atoms with Gasteiger partial charge in [0.15, 0.2) is 0 Å². The van der Waals surface area contributed by atoms with E-state index in [1.54, 1.807) is 0 Å². The number of rotatable bonds is 3. The summed E-state index contributed by atoms with van der Waals surface area (Å²) in [6.45, 7) is 4.23. The summed E-state index contributed by atoms with van der Waals surface area (Å²) in [5.41, 5.74) is 2.18. The van der Waals surface area contributed by atoms with Crippen molar-refractivity contribution in [2.24, 2.45) is 0 Å². The van der Waals surface area contributed by atoms with Gasteiger partial charge in [-0.2, -0.15) is 0 Å². The lowest BCUT2D eigenvalue weighted by molar-refractivity contribution is 0.800. The van der Waals surface area contributed by atoms with Gasteiger partial charge in [0.05, 0.1) is 0 Å². The molecule has 2 heteroatoms. The standard InChI is InChI=1S/C5H13NSi/c1-2-6-4-3-5-7/h3,5-6H,2,4H2,1,7H3. The molecule has 7 heavy (non-hydrogen) atoms. The van der Waals surface area contributed by atoms with E-state index in [-0.39, 0.29) is 0 Å². The summed E-state index contributed by atoms with van der Waals surface area (Å²) >= 11 is 0. The summed E-state index contributed by atoms with van der Waals surface area (Å²) in [7, 11) is 1.19. The normalized spacial score (nSPS) is 11.0. The minimum Gasteiger partial charge on any atom is -0.314 e. The highest BCUT2D eigenvalue weighted by molar-refractivity contribution is 6.16. The molecule has 0 aliphatic carbocycles. The van der Waals surface area contributed by atoms with Crippen LogP contribution in [0.25, 0.3) is 0 Å². The van der Waals surface area contributed by atoms with Gasteiger partial charge in [-0.3, -0.25) is 0 Å². The first-order valence-electron chi connectivity index (χ1n) is 2.73. The van der Waals surface area contributed by atoms with Crippen LogP contribution in [0.3, 0.4) is 0 Å². The van der Waals surface area contributed by atoms with E-state index in [1.807, 2.05) is 0 Å². The molecule has 0 rings (SSSR count). The van der Waals surface area contributed by atoms with Crippen LogP contribution in [0.1, 0.15) is 6.92 Å². The predicted octanol–water partition coefficient (Wildman–Crippen LogP) is -0.525. The number of hydrogen-bond acceptors (Lipinski definition) is 1. The summed E-state index contributed by atoms with van der Waals surface area (Å²) in [5, 5.41) is 3.18. The summed E-state index contributed by atoms with van der Waals surface area (Å²) in [5.74, 6) is 0. The molecule has 0 amide bonds. The molecule has 0 aromatic rings. The Kier molecular flexibility index (Phi) is 5.85. The number of likely N-dealkylation sites (N-methyl/N-ethyl adjacent to an activating group) is 1. The largest absolute Gasteiger partial charge is 0.314 e. The molecule has 0 atom stereocenters. The van der Waals surface area contributed by atoms with E-state index in [0.29, 0.717) is 0 Å². The third kappa shape index (κ3) is 5.92. The zero-order chi connectivity index (χ0) is 5.54. The molecule has 0 heterocycles. The van der Waals surface area contributed by atoms with Gasteiger partial charge in [0.2, 0.25) is 0 Å². The van der Waals surface area contributed by atoms with Crippen LogP contribution in [-0.4, -0.2) is 23.3 Å². The van der Waals surface area contributed by atoms with Crippen molar-refractivity contribution in [3.05, 3.63) is 11.8 Å². The van der Waals surface area contributed by atoms with Gasteiger partial charge in [0.1, 0.15) is 0 Å². The molecule has 0 unspecified atom stereocenters. The first kappa shape index (κ1) is 6.92. The fraction of sp³-hybridized carbons (Fsp3) is 0.600. The fourth-order valence-electron chi connectivity index (χ4n) is 0.346. The molecule has 1 N–H and O–H groups in total. The van der Waals surface area contributed by atoms with E-state index in [4.69, 9.17) is 0 Å². The molecule has 0 aliphatic heterocycles. The smallest absolute Gasteiger partial charge is 0.0287 e. The molecule has 0 radical (unpaired) electrons. The molecular weight excluding hydrogens is 102 g/mol. The van der Waals surface area contributed by atoms with E-state index < -0.39 is 0 Å². The second-order valence-electron chi connectivity index (χ2n) is 1.38. The molecule has 0 aromatic carbocycles. The number of hydrogen-bond donors (Lipinski definition) is 1. The van der Waals surface area contributed by atoms with Gasteiger partial charge in [-0.05, 0) is 6.54 Å². The van der Waals surface area contributed by atoms with Gasteiger partial charge in [0.25, 0.3) is 0 Å². The maximum absolute atomic E-state index is 3.18. The van der Waals surface area contributed by atoms with Crippen molar-refractivity contribution in [3.63, 3.8) is 0 Å². The van der Waals surface area contributed by atoms with Crippen molar-refractivity contribution in [3.8, 4) is 0 Å². The lowest BCUT2D eigenvalue weighted by atomic mass is 10.6. The van der Waals surface area contributed by atoms with Crippen molar-refractivity contribution >= 4 is 10.2 Å². The quantitative estimate of drug-likeness (QED) is 0.385. The Morgan fingerprint density at radius 2 is 2.43 bits per heavy atom. The fourth-order valence-corrected chi connectivity index (χ4v) is 0.581. The van der Waals surface area contributed by atoms with Crippen LogP contribution in [-0.2, 0) is 0 Å². The Balaban J connectivity index is 2.69. The summed E-state index contributed by atoms with van der Waals surface area (Å²) in [4.78, 5) is 0. The molecule has 0 fully saturated rings. The molecule has 0 saturated carbocycles. The summed E-state index contributed by atoms with van der Waals surface area (Å²) in [6.07, 6.45) is 2.16. The molecule has 42 valence electrons. The molecule has 0 saturated heterocycles. The van der Waals surface area contributed by atoms with Gasteiger partial charge in [-0.25, -0.2) is 0 Å². The molecule has 0 bridgehead atoms.